The first-order chi connectivity index (χ1) is 16.5. The maximum atomic E-state index is 14.8. The molecule has 4 aromatic rings. The lowest BCUT2D eigenvalue weighted by atomic mass is 9.93. The first-order valence-corrected chi connectivity index (χ1v) is 13.3. The summed E-state index contributed by atoms with van der Waals surface area (Å²) < 4.78 is 40.7. The van der Waals surface area contributed by atoms with Crippen LogP contribution in [0.4, 0.5) is 15.2 Å². The van der Waals surface area contributed by atoms with Crippen LogP contribution in [0.15, 0.2) is 58.9 Å². The molecule has 0 aliphatic carbocycles. The monoisotopic (exact) mass is 530 g/mol. The predicted molar refractivity (Wildman–Crippen MR) is 138 cm³/mol. The zero-order valence-corrected chi connectivity index (χ0v) is 21.0. The van der Waals surface area contributed by atoms with E-state index in [0.29, 0.717) is 27.2 Å². The molecule has 1 aliphatic heterocycles. The van der Waals surface area contributed by atoms with Crippen LogP contribution in [0.25, 0.3) is 22.3 Å². The van der Waals surface area contributed by atoms with Crippen molar-refractivity contribution in [3.63, 3.8) is 0 Å². The second kappa shape index (κ2) is 8.43. The van der Waals surface area contributed by atoms with E-state index >= 15 is 0 Å². The predicted octanol–water partition coefficient (Wildman–Crippen LogP) is 4.70. The van der Waals surface area contributed by atoms with Gasteiger partial charge in [0.05, 0.1) is 17.0 Å². The Morgan fingerprint density at radius 2 is 1.94 bits per heavy atom. The summed E-state index contributed by atoms with van der Waals surface area (Å²) in [5.41, 5.74) is 7.29. The quantitative estimate of drug-likeness (QED) is 0.395. The number of nitrogens with two attached hydrogens (primary N) is 1. The van der Waals surface area contributed by atoms with Gasteiger partial charge in [0.25, 0.3) is 0 Å². The van der Waals surface area contributed by atoms with Gasteiger partial charge in [-0.15, -0.1) is 11.3 Å². The Kier molecular flexibility index (Phi) is 5.65. The van der Waals surface area contributed by atoms with Crippen molar-refractivity contribution < 1.29 is 12.8 Å². The van der Waals surface area contributed by atoms with Crippen molar-refractivity contribution in [1.82, 2.24) is 14.3 Å². The van der Waals surface area contributed by atoms with Crippen LogP contribution in [-0.2, 0) is 15.6 Å². The molecule has 3 heterocycles. The number of hydrogen-bond donors (Lipinski definition) is 2. The smallest absolute Gasteiger partial charge is 0.239 e. The van der Waals surface area contributed by atoms with E-state index in [1.165, 1.54) is 30.5 Å². The van der Waals surface area contributed by atoms with Gasteiger partial charge in [-0.3, -0.25) is 0 Å². The average Bonchev–Trinajstić information content (AvgIpc) is 3.26. The Morgan fingerprint density at radius 3 is 2.71 bits per heavy atom. The molecule has 5 rings (SSSR count). The number of fused-ring (bicyclic) bond motifs is 1. The number of hydrogen-bond acceptors (Lipinski definition) is 8. The summed E-state index contributed by atoms with van der Waals surface area (Å²) in [4.78, 5) is 13.5. The molecule has 2 aromatic carbocycles. The van der Waals surface area contributed by atoms with Crippen molar-refractivity contribution in [3.05, 3.63) is 70.3 Å². The van der Waals surface area contributed by atoms with Crippen LogP contribution in [0, 0.1) is 5.82 Å². The minimum atomic E-state index is -3.73. The van der Waals surface area contributed by atoms with Crippen LogP contribution in [0.2, 0.25) is 5.02 Å². The summed E-state index contributed by atoms with van der Waals surface area (Å²) in [6.07, 6.45) is 0. The van der Waals surface area contributed by atoms with Crippen LogP contribution in [0.3, 0.4) is 0 Å². The zero-order chi connectivity index (χ0) is 25.0. The summed E-state index contributed by atoms with van der Waals surface area (Å²) in [6, 6.07) is 13.7. The van der Waals surface area contributed by atoms with Crippen LogP contribution in [0.1, 0.15) is 12.5 Å². The number of nitrogens with zero attached hydrogens (tertiary/aromatic N) is 4. The number of guanidine groups is 1. The molecule has 0 fully saturated rings. The number of aromatic nitrogens is 2. The topological polar surface area (TPSA) is 114 Å². The molecule has 0 saturated heterocycles. The molecule has 12 heteroatoms. The molecule has 0 radical (unpaired) electrons. The summed E-state index contributed by atoms with van der Waals surface area (Å²) >= 11 is 7.41. The molecule has 3 N–H and O–H groups in total. The number of aliphatic imine (C=N–C) groups is 1. The number of nitrogens with one attached hydrogen (secondary N) is 1. The molecule has 8 nitrogen and oxygen atoms in total. The minimum Gasteiger partial charge on any atom is -0.369 e. The van der Waals surface area contributed by atoms with Gasteiger partial charge in [0.1, 0.15) is 17.1 Å². The van der Waals surface area contributed by atoms with E-state index in [1.54, 1.807) is 19.1 Å². The van der Waals surface area contributed by atoms with Gasteiger partial charge < -0.3 is 11.1 Å². The van der Waals surface area contributed by atoms with Crippen LogP contribution in [0.5, 0.6) is 0 Å². The minimum absolute atomic E-state index is 0.119. The average molecular weight is 531 g/mol. The molecule has 1 aliphatic rings. The van der Waals surface area contributed by atoms with Gasteiger partial charge in [-0.1, -0.05) is 17.7 Å². The Labute approximate surface area is 210 Å². The first-order valence-electron chi connectivity index (χ1n) is 10.5. The molecule has 35 heavy (non-hydrogen) atoms. The lowest BCUT2D eigenvalue weighted by Crippen LogP contribution is -2.50. The van der Waals surface area contributed by atoms with E-state index in [2.05, 4.69) is 20.3 Å². The van der Waals surface area contributed by atoms with E-state index in [9.17, 15) is 12.8 Å². The number of thiazole rings is 1. The second-order valence-corrected chi connectivity index (χ2v) is 11.7. The molecule has 0 amide bonds. The molecule has 0 saturated carbocycles. The third-order valence-electron chi connectivity index (χ3n) is 5.78. The van der Waals surface area contributed by atoms with Crippen molar-refractivity contribution in [2.45, 2.75) is 12.5 Å². The normalized spacial score (nSPS) is 19.5. The van der Waals surface area contributed by atoms with Gasteiger partial charge in [-0.2, -0.15) is 0 Å². The first kappa shape index (κ1) is 23.5. The molecule has 1 atom stereocenters. The highest BCUT2D eigenvalue weighted by Gasteiger charge is 2.41. The van der Waals surface area contributed by atoms with E-state index < -0.39 is 27.1 Å². The van der Waals surface area contributed by atoms with E-state index in [0.717, 1.165) is 15.2 Å². The highest BCUT2D eigenvalue weighted by Crippen LogP contribution is 2.36. The van der Waals surface area contributed by atoms with Crippen molar-refractivity contribution in [3.8, 4) is 11.4 Å². The van der Waals surface area contributed by atoms with Gasteiger partial charge in [0, 0.05) is 34.1 Å². The fourth-order valence-electron chi connectivity index (χ4n) is 3.92. The molecule has 180 valence electrons. The Balaban J connectivity index is 1.44. The van der Waals surface area contributed by atoms with Crippen molar-refractivity contribution in [2.24, 2.45) is 10.7 Å². The highest BCUT2D eigenvalue weighted by atomic mass is 35.5. The van der Waals surface area contributed by atoms with Crippen molar-refractivity contribution in [1.29, 1.82) is 0 Å². The van der Waals surface area contributed by atoms with Gasteiger partial charge >= 0.3 is 0 Å². The number of pyridine rings is 1. The maximum absolute atomic E-state index is 14.8. The van der Waals surface area contributed by atoms with Gasteiger partial charge in [0.2, 0.25) is 16.0 Å². The number of rotatable bonds is 4. The number of anilines is 2. The fourth-order valence-corrected chi connectivity index (χ4v) is 6.27. The summed E-state index contributed by atoms with van der Waals surface area (Å²) in [5.74, 6) is -1.17. The Bertz CT molecular complexity index is 1610. The second-order valence-electron chi connectivity index (χ2n) is 8.36. The van der Waals surface area contributed by atoms with Crippen molar-refractivity contribution >= 4 is 60.6 Å². The summed E-state index contributed by atoms with van der Waals surface area (Å²) in [5, 5.41) is 7.17. The van der Waals surface area contributed by atoms with Gasteiger partial charge in [0.15, 0.2) is 5.13 Å². The zero-order valence-electron chi connectivity index (χ0n) is 18.7. The van der Waals surface area contributed by atoms with Crippen LogP contribution >= 0.6 is 22.9 Å². The van der Waals surface area contributed by atoms with E-state index in [4.69, 9.17) is 17.3 Å². The molecule has 0 unspecified atom stereocenters. The van der Waals surface area contributed by atoms with Gasteiger partial charge in [-0.25, -0.2) is 32.1 Å². The number of benzene rings is 2. The largest absolute Gasteiger partial charge is 0.369 e. The third kappa shape index (κ3) is 4.42. The molecule has 0 bridgehead atoms. The Hall–Kier alpha value is -3.28. The van der Waals surface area contributed by atoms with E-state index in [-0.39, 0.29) is 11.5 Å². The summed E-state index contributed by atoms with van der Waals surface area (Å²) in [7, 11) is -2.41. The Morgan fingerprint density at radius 1 is 1.14 bits per heavy atom. The SMILES string of the molecule is CN1C(N)=N[C@](C)(c2cc(Nc3nc(-c4ccc5cc(Cl)ccc5n4)cs3)ccc2F)CS1(=O)=O. The van der Waals surface area contributed by atoms with Crippen LogP contribution < -0.4 is 11.1 Å². The lowest BCUT2D eigenvalue weighted by molar-refractivity contribution is 0.458. The standard InChI is InChI=1S/C23H20ClFN6O2S2/c1-23(12-35(32,33)31(2)21(26)30-23)16-10-15(5-6-17(16)25)27-22-29-20(11-34-22)19-7-3-13-9-14(24)4-8-18(13)28-19/h3-11H,12H2,1-2H3,(H2,26,30)(H,27,29)/t23-/m0/s1. The highest BCUT2D eigenvalue weighted by molar-refractivity contribution is 7.89. The number of sulfonamides is 1. The summed E-state index contributed by atoms with van der Waals surface area (Å²) in [6.45, 7) is 1.55. The van der Waals surface area contributed by atoms with Crippen LogP contribution in [-0.4, -0.2) is 41.5 Å². The third-order valence-corrected chi connectivity index (χ3v) is 8.72. The molecule has 2 aromatic heterocycles. The van der Waals surface area contributed by atoms with Crippen molar-refractivity contribution in [2.75, 3.05) is 18.1 Å². The van der Waals surface area contributed by atoms with E-state index in [1.807, 2.05) is 29.6 Å². The van der Waals surface area contributed by atoms with Gasteiger partial charge in [-0.05, 0) is 49.4 Å². The number of halogens is 2. The molecule has 0 spiro atoms. The maximum Gasteiger partial charge on any atom is 0.239 e. The fraction of sp³-hybridized carbons (Fsp3) is 0.174. The molecular formula is C23H20ClFN6O2S2. The lowest BCUT2D eigenvalue weighted by Gasteiger charge is -2.34. The molecular weight excluding hydrogens is 511 g/mol.